The molecule has 0 saturated carbocycles. The summed E-state index contributed by atoms with van der Waals surface area (Å²) in [6, 6.07) is 10.0. The molecule has 1 amide bonds. The third-order valence-electron chi connectivity index (χ3n) is 3.05. The van der Waals surface area contributed by atoms with Gasteiger partial charge in [-0.2, -0.15) is 4.98 Å². The summed E-state index contributed by atoms with van der Waals surface area (Å²) in [6.07, 6.45) is 1.36. The van der Waals surface area contributed by atoms with E-state index in [1.165, 1.54) is 12.3 Å². The first-order valence-corrected chi connectivity index (χ1v) is 7.55. The smallest absolute Gasteiger partial charge is 0.325 e. The maximum absolute atomic E-state index is 11.6. The molecule has 2 aromatic heterocycles. The third kappa shape index (κ3) is 4.45. The largest absolute Gasteiger partial charge is 0.459 e. The second kappa shape index (κ2) is 7.63. The van der Waals surface area contributed by atoms with Gasteiger partial charge < -0.3 is 19.0 Å². The van der Waals surface area contributed by atoms with Crippen LogP contribution in [0.1, 0.15) is 16.4 Å². The fourth-order valence-corrected chi connectivity index (χ4v) is 2.09. The molecule has 0 bridgehead atoms. The molecule has 0 unspecified atom stereocenters. The van der Waals surface area contributed by atoms with Crippen LogP contribution in [0.3, 0.4) is 0 Å². The average molecular weight is 362 g/mol. The predicted molar refractivity (Wildman–Crippen MR) is 85.6 cm³/mol. The van der Waals surface area contributed by atoms with Gasteiger partial charge in [0.05, 0.1) is 6.26 Å². The topological polar surface area (TPSA) is 107 Å². The van der Waals surface area contributed by atoms with Crippen LogP contribution in [0.25, 0.3) is 11.4 Å². The number of halogens is 1. The van der Waals surface area contributed by atoms with E-state index in [0.29, 0.717) is 16.4 Å². The van der Waals surface area contributed by atoms with Crippen molar-refractivity contribution in [1.29, 1.82) is 0 Å². The fourth-order valence-electron chi connectivity index (χ4n) is 1.90. The SMILES string of the molecule is O=C(CNC(=O)c1ccco1)OCc1nc(-c2cccc(Cl)c2)no1. The Labute approximate surface area is 146 Å². The van der Waals surface area contributed by atoms with Gasteiger partial charge in [0, 0.05) is 10.6 Å². The van der Waals surface area contributed by atoms with Gasteiger partial charge >= 0.3 is 5.97 Å². The van der Waals surface area contributed by atoms with E-state index in [9.17, 15) is 9.59 Å². The highest BCUT2D eigenvalue weighted by Gasteiger charge is 2.13. The van der Waals surface area contributed by atoms with Crippen molar-refractivity contribution in [2.75, 3.05) is 6.54 Å². The molecule has 0 aliphatic heterocycles. The predicted octanol–water partition coefficient (Wildman–Crippen LogP) is 2.46. The molecule has 0 aliphatic carbocycles. The van der Waals surface area contributed by atoms with Crippen molar-refractivity contribution in [2.24, 2.45) is 0 Å². The number of carbonyl (C=O) groups excluding carboxylic acids is 2. The number of ether oxygens (including phenoxy) is 1. The lowest BCUT2D eigenvalue weighted by atomic mass is 10.2. The Morgan fingerprint density at radius 2 is 2.12 bits per heavy atom. The quantitative estimate of drug-likeness (QED) is 0.672. The summed E-state index contributed by atoms with van der Waals surface area (Å²) in [5.74, 6) is -0.596. The number of nitrogens with zero attached hydrogens (tertiary/aromatic N) is 2. The Bertz CT molecular complexity index is 876. The lowest BCUT2D eigenvalue weighted by molar-refractivity contribution is -0.144. The van der Waals surface area contributed by atoms with E-state index in [1.54, 1.807) is 30.3 Å². The van der Waals surface area contributed by atoms with Crippen LogP contribution < -0.4 is 5.32 Å². The monoisotopic (exact) mass is 361 g/mol. The van der Waals surface area contributed by atoms with Crippen LogP contribution in [-0.4, -0.2) is 28.6 Å². The van der Waals surface area contributed by atoms with Gasteiger partial charge in [-0.15, -0.1) is 0 Å². The molecule has 128 valence electrons. The van der Waals surface area contributed by atoms with Crippen LogP contribution >= 0.6 is 11.6 Å². The molecule has 9 heteroatoms. The zero-order valence-electron chi connectivity index (χ0n) is 12.8. The molecule has 0 saturated heterocycles. The fraction of sp³-hybridized carbons (Fsp3) is 0.125. The van der Waals surface area contributed by atoms with Gasteiger partial charge in [0.1, 0.15) is 6.54 Å². The summed E-state index contributed by atoms with van der Waals surface area (Å²) < 4.78 is 14.9. The number of furan rings is 1. The number of benzene rings is 1. The van der Waals surface area contributed by atoms with E-state index in [-0.39, 0.29) is 24.8 Å². The van der Waals surface area contributed by atoms with Crippen LogP contribution in [0.2, 0.25) is 5.02 Å². The lowest BCUT2D eigenvalue weighted by Crippen LogP contribution is -2.30. The van der Waals surface area contributed by atoms with Gasteiger partial charge in [0.15, 0.2) is 12.4 Å². The van der Waals surface area contributed by atoms with Gasteiger partial charge in [-0.3, -0.25) is 9.59 Å². The van der Waals surface area contributed by atoms with E-state index in [1.807, 2.05) is 0 Å². The Balaban J connectivity index is 1.49. The van der Waals surface area contributed by atoms with E-state index < -0.39 is 11.9 Å². The maximum Gasteiger partial charge on any atom is 0.325 e. The van der Waals surface area contributed by atoms with E-state index >= 15 is 0 Å². The highest BCUT2D eigenvalue weighted by Crippen LogP contribution is 2.20. The van der Waals surface area contributed by atoms with Crippen LogP contribution in [0.15, 0.2) is 51.6 Å². The summed E-state index contributed by atoms with van der Waals surface area (Å²) in [7, 11) is 0. The van der Waals surface area contributed by atoms with Gasteiger partial charge in [0.2, 0.25) is 5.82 Å². The standard InChI is InChI=1S/C16H12ClN3O5/c17-11-4-1-3-10(7-11)15-19-13(25-20-15)9-24-14(21)8-18-16(22)12-5-2-6-23-12/h1-7H,8-9H2,(H,18,22). The number of carbonyl (C=O) groups is 2. The zero-order chi connectivity index (χ0) is 17.6. The first-order chi connectivity index (χ1) is 12.1. The Morgan fingerprint density at radius 3 is 2.88 bits per heavy atom. The second-order valence-corrected chi connectivity index (χ2v) is 5.28. The molecule has 0 aliphatic rings. The van der Waals surface area contributed by atoms with Crippen LogP contribution in [0.4, 0.5) is 0 Å². The number of aromatic nitrogens is 2. The van der Waals surface area contributed by atoms with Crippen molar-refractivity contribution in [2.45, 2.75) is 6.61 Å². The number of amides is 1. The minimum absolute atomic E-state index is 0.107. The zero-order valence-corrected chi connectivity index (χ0v) is 13.5. The van der Waals surface area contributed by atoms with E-state index in [4.69, 9.17) is 25.3 Å². The van der Waals surface area contributed by atoms with E-state index in [2.05, 4.69) is 15.5 Å². The van der Waals surface area contributed by atoms with Crippen LogP contribution in [0.5, 0.6) is 0 Å². The number of esters is 1. The highest BCUT2D eigenvalue weighted by atomic mass is 35.5. The molecular weight excluding hydrogens is 350 g/mol. The van der Waals surface area contributed by atoms with Crippen molar-refractivity contribution < 1.29 is 23.3 Å². The molecule has 0 fully saturated rings. The molecule has 0 atom stereocenters. The molecule has 0 radical (unpaired) electrons. The Hall–Kier alpha value is -3.13. The van der Waals surface area contributed by atoms with Crippen molar-refractivity contribution >= 4 is 23.5 Å². The average Bonchev–Trinajstić information content (AvgIpc) is 3.29. The summed E-state index contributed by atoms with van der Waals surface area (Å²) in [5, 5.41) is 6.71. The molecule has 0 spiro atoms. The molecule has 3 rings (SSSR count). The molecule has 3 aromatic rings. The summed E-state index contributed by atoms with van der Waals surface area (Å²) in [4.78, 5) is 27.4. The van der Waals surface area contributed by atoms with Crippen molar-refractivity contribution in [1.82, 2.24) is 15.5 Å². The third-order valence-corrected chi connectivity index (χ3v) is 3.28. The van der Waals surface area contributed by atoms with Crippen LogP contribution in [-0.2, 0) is 16.1 Å². The van der Waals surface area contributed by atoms with Gasteiger partial charge in [-0.1, -0.05) is 28.9 Å². The highest BCUT2D eigenvalue weighted by molar-refractivity contribution is 6.30. The Morgan fingerprint density at radius 1 is 1.24 bits per heavy atom. The first kappa shape index (κ1) is 16.7. The second-order valence-electron chi connectivity index (χ2n) is 4.84. The maximum atomic E-state index is 11.6. The van der Waals surface area contributed by atoms with Crippen LogP contribution in [0, 0.1) is 0 Å². The molecular formula is C16H12ClN3O5. The Kier molecular flexibility index (Phi) is 5.10. The molecule has 1 aromatic carbocycles. The molecule has 8 nitrogen and oxygen atoms in total. The number of hydrogen-bond acceptors (Lipinski definition) is 7. The normalized spacial score (nSPS) is 10.4. The van der Waals surface area contributed by atoms with Gasteiger partial charge in [0.25, 0.3) is 11.8 Å². The number of hydrogen-bond donors (Lipinski definition) is 1. The summed E-state index contributed by atoms with van der Waals surface area (Å²) in [5.41, 5.74) is 0.680. The van der Waals surface area contributed by atoms with Gasteiger partial charge in [-0.25, -0.2) is 0 Å². The first-order valence-electron chi connectivity index (χ1n) is 7.17. The lowest BCUT2D eigenvalue weighted by Gasteiger charge is -2.03. The van der Waals surface area contributed by atoms with Crippen molar-refractivity contribution in [3.8, 4) is 11.4 Å². The minimum Gasteiger partial charge on any atom is -0.459 e. The van der Waals surface area contributed by atoms with Crippen molar-refractivity contribution in [3.05, 3.63) is 59.3 Å². The molecule has 1 N–H and O–H groups in total. The van der Waals surface area contributed by atoms with E-state index in [0.717, 1.165) is 0 Å². The summed E-state index contributed by atoms with van der Waals surface area (Å²) >= 11 is 5.90. The minimum atomic E-state index is -0.651. The molecule has 2 heterocycles. The van der Waals surface area contributed by atoms with Crippen molar-refractivity contribution in [3.63, 3.8) is 0 Å². The summed E-state index contributed by atoms with van der Waals surface area (Å²) in [6.45, 7) is -0.516. The number of nitrogens with one attached hydrogen (secondary N) is 1. The number of rotatable bonds is 6. The van der Waals surface area contributed by atoms with Gasteiger partial charge in [-0.05, 0) is 24.3 Å². The molecule has 25 heavy (non-hydrogen) atoms.